The fourth-order valence-electron chi connectivity index (χ4n) is 3.33. The van der Waals surface area contributed by atoms with Crippen LogP contribution >= 0.6 is 11.6 Å². The number of nitrogens with one attached hydrogen (secondary N) is 3. The summed E-state index contributed by atoms with van der Waals surface area (Å²) >= 11 is 5.86. The van der Waals surface area contributed by atoms with Gasteiger partial charge in [0.2, 0.25) is 0 Å². The van der Waals surface area contributed by atoms with E-state index in [0.29, 0.717) is 16.3 Å². The molecule has 4 rings (SSSR count). The zero-order valence-electron chi connectivity index (χ0n) is 20.6. The zero-order chi connectivity index (χ0) is 28.5. The number of hydrazone groups is 1. The Hall–Kier alpha value is -5.35. The van der Waals surface area contributed by atoms with Gasteiger partial charge in [-0.2, -0.15) is 5.10 Å². The summed E-state index contributed by atoms with van der Waals surface area (Å²) in [6, 6.07) is 24.1. The Morgan fingerprint density at radius 3 is 2.10 bits per heavy atom. The summed E-state index contributed by atoms with van der Waals surface area (Å²) in [7, 11) is 0. The Morgan fingerprint density at radius 2 is 1.40 bits per heavy atom. The minimum atomic E-state index is -1.07. The molecule has 0 aliphatic carbocycles. The number of hydrogen-bond acceptors (Lipinski definition) is 6. The van der Waals surface area contributed by atoms with Crippen LogP contribution in [0, 0.1) is 5.82 Å². The molecule has 0 aliphatic rings. The quantitative estimate of drug-likeness (QED) is 0.0963. The van der Waals surface area contributed by atoms with Crippen molar-refractivity contribution in [2.75, 3.05) is 10.6 Å². The number of ether oxygens (including phenoxy) is 1. The standard InChI is InChI=1S/C29H20ClFN4O5/c30-19-11-13-20(14-12-19)33-26(36)23-6-2-4-8-25(23)34-27(37)28(38)35-32-17-18-9-15-21(16-10-18)40-29(39)22-5-1-3-7-24(22)31/h1-17H,(H,33,36)(H,34,37)(H,35,38). The van der Waals surface area contributed by atoms with E-state index < -0.39 is 29.5 Å². The van der Waals surface area contributed by atoms with Crippen LogP contribution in [-0.2, 0) is 9.59 Å². The number of para-hydroxylation sites is 1. The van der Waals surface area contributed by atoms with E-state index in [1.54, 1.807) is 36.4 Å². The summed E-state index contributed by atoms with van der Waals surface area (Å²) in [5.41, 5.74) is 3.17. The molecule has 40 heavy (non-hydrogen) atoms. The Balaban J connectivity index is 1.31. The van der Waals surface area contributed by atoms with Crippen molar-refractivity contribution in [3.63, 3.8) is 0 Å². The van der Waals surface area contributed by atoms with E-state index in [9.17, 15) is 23.6 Å². The highest BCUT2D eigenvalue weighted by Crippen LogP contribution is 2.19. The molecule has 0 bridgehead atoms. The van der Waals surface area contributed by atoms with E-state index >= 15 is 0 Å². The zero-order valence-corrected chi connectivity index (χ0v) is 21.3. The SMILES string of the molecule is O=C(NN=Cc1ccc(OC(=O)c2ccccc2F)cc1)C(=O)Nc1ccccc1C(=O)Nc1ccc(Cl)cc1. The molecule has 3 N–H and O–H groups in total. The van der Waals surface area contributed by atoms with Gasteiger partial charge in [0.15, 0.2) is 0 Å². The van der Waals surface area contributed by atoms with E-state index in [1.807, 2.05) is 0 Å². The number of halogens is 2. The maximum atomic E-state index is 13.7. The molecule has 4 aromatic rings. The molecule has 0 saturated heterocycles. The van der Waals surface area contributed by atoms with Crippen LogP contribution in [0.2, 0.25) is 5.02 Å². The summed E-state index contributed by atoms with van der Waals surface area (Å²) in [6.45, 7) is 0. The second kappa shape index (κ2) is 12.9. The number of carbonyl (C=O) groups excluding carboxylic acids is 4. The lowest BCUT2D eigenvalue weighted by molar-refractivity contribution is -0.136. The maximum absolute atomic E-state index is 13.7. The number of benzene rings is 4. The molecule has 0 heterocycles. The lowest BCUT2D eigenvalue weighted by atomic mass is 10.1. The summed E-state index contributed by atoms with van der Waals surface area (Å²) in [4.78, 5) is 49.5. The minimum absolute atomic E-state index is 0.124. The van der Waals surface area contributed by atoms with Crippen LogP contribution in [0.4, 0.5) is 15.8 Å². The third-order valence-corrected chi connectivity index (χ3v) is 5.54. The first-order valence-corrected chi connectivity index (χ1v) is 12.0. The molecule has 0 aromatic heterocycles. The molecular formula is C29H20ClFN4O5. The van der Waals surface area contributed by atoms with Crippen molar-refractivity contribution < 1.29 is 28.3 Å². The van der Waals surface area contributed by atoms with Crippen molar-refractivity contribution in [2.24, 2.45) is 5.10 Å². The highest BCUT2D eigenvalue weighted by molar-refractivity contribution is 6.40. The van der Waals surface area contributed by atoms with E-state index in [-0.39, 0.29) is 22.6 Å². The van der Waals surface area contributed by atoms with Gasteiger partial charge < -0.3 is 15.4 Å². The van der Waals surface area contributed by atoms with Crippen molar-refractivity contribution in [1.82, 2.24) is 5.43 Å². The van der Waals surface area contributed by atoms with E-state index in [2.05, 4.69) is 21.2 Å². The molecule has 4 aromatic carbocycles. The Bertz CT molecular complexity index is 1590. The van der Waals surface area contributed by atoms with Crippen LogP contribution < -0.4 is 20.8 Å². The monoisotopic (exact) mass is 558 g/mol. The van der Waals surface area contributed by atoms with E-state index in [0.717, 1.165) is 6.07 Å². The fourth-order valence-corrected chi connectivity index (χ4v) is 3.45. The van der Waals surface area contributed by atoms with E-state index in [4.69, 9.17) is 16.3 Å². The van der Waals surface area contributed by atoms with Gasteiger partial charge in [0, 0.05) is 10.7 Å². The van der Waals surface area contributed by atoms with Crippen molar-refractivity contribution in [1.29, 1.82) is 0 Å². The maximum Gasteiger partial charge on any atom is 0.346 e. The number of rotatable bonds is 7. The van der Waals surface area contributed by atoms with Crippen molar-refractivity contribution in [2.45, 2.75) is 0 Å². The molecule has 3 amide bonds. The minimum Gasteiger partial charge on any atom is -0.423 e. The lowest BCUT2D eigenvalue weighted by Crippen LogP contribution is -2.33. The van der Waals surface area contributed by atoms with Gasteiger partial charge in [-0.25, -0.2) is 14.6 Å². The third-order valence-electron chi connectivity index (χ3n) is 5.29. The predicted molar refractivity (Wildman–Crippen MR) is 148 cm³/mol. The second-order valence-electron chi connectivity index (χ2n) is 8.10. The third kappa shape index (κ3) is 7.36. The Kier molecular flexibility index (Phi) is 8.95. The van der Waals surface area contributed by atoms with Gasteiger partial charge in [-0.3, -0.25) is 14.4 Å². The largest absolute Gasteiger partial charge is 0.423 e. The number of amides is 3. The Labute approximate surface area is 232 Å². The summed E-state index contributed by atoms with van der Waals surface area (Å²) in [5, 5.41) is 9.34. The average Bonchev–Trinajstić information content (AvgIpc) is 2.95. The summed E-state index contributed by atoms with van der Waals surface area (Å²) in [5.74, 6) is -3.98. The number of anilines is 2. The molecule has 0 fully saturated rings. The second-order valence-corrected chi connectivity index (χ2v) is 8.53. The summed E-state index contributed by atoms with van der Waals surface area (Å²) < 4.78 is 18.9. The normalized spacial score (nSPS) is 10.6. The molecular weight excluding hydrogens is 539 g/mol. The van der Waals surface area contributed by atoms with Gasteiger partial charge in [0.05, 0.1) is 23.0 Å². The molecule has 0 atom stereocenters. The van der Waals surface area contributed by atoms with Crippen molar-refractivity contribution in [3.05, 3.63) is 125 Å². The molecule has 0 radical (unpaired) electrons. The van der Waals surface area contributed by atoms with Crippen LogP contribution in [-0.4, -0.2) is 29.9 Å². The number of carbonyl (C=O) groups is 4. The summed E-state index contributed by atoms with van der Waals surface area (Å²) in [6.07, 6.45) is 1.27. The highest BCUT2D eigenvalue weighted by Gasteiger charge is 2.18. The number of nitrogens with zero attached hydrogens (tertiary/aromatic N) is 1. The molecule has 9 nitrogen and oxygen atoms in total. The molecule has 200 valence electrons. The number of esters is 1. The molecule has 0 saturated carbocycles. The van der Waals surface area contributed by atoms with Crippen LogP contribution in [0.5, 0.6) is 5.75 Å². The first-order valence-electron chi connectivity index (χ1n) is 11.7. The average molecular weight is 559 g/mol. The van der Waals surface area contributed by atoms with Crippen LogP contribution in [0.3, 0.4) is 0 Å². The van der Waals surface area contributed by atoms with E-state index in [1.165, 1.54) is 60.8 Å². The molecule has 0 aliphatic heterocycles. The first-order chi connectivity index (χ1) is 19.3. The topological polar surface area (TPSA) is 126 Å². The van der Waals surface area contributed by atoms with Gasteiger partial charge >= 0.3 is 17.8 Å². The highest BCUT2D eigenvalue weighted by atomic mass is 35.5. The van der Waals surface area contributed by atoms with Crippen LogP contribution in [0.15, 0.2) is 102 Å². The van der Waals surface area contributed by atoms with Gasteiger partial charge in [-0.1, -0.05) is 35.9 Å². The lowest BCUT2D eigenvalue weighted by Gasteiger charge is -2.11. The molecule has 0 spiro atoms. The van der Waals surface area contributed by atoms with Gasteiger partial charge in [0.25, 0.3) is 5.91 Å². The first kappa shape index (κ1) is 27.7. The van der Waals surface area contributed by atoms with Crippen LogP contribution in [0.25, 0.3) is 0 Å². The smallest absolute Gasteiger partial charge is 0.346 e. The Morgan fingerprint density at radius 1 is 0.750 bits per heavy atom. The van der Waals surface area contributed by atoms with Gasteiger partial charge in [0.1, 0.15) is 11.6 Å². The number of hydrogen-bond donors (Lipinski definition) is 3. The van der Waals surface area contributed by atoms with Crippen molar-refractivity contribution >= 4 is 52.9 Å². The van der Waals surface area contributed by atoms with Crippen LogP contribution in [0.1, 0.15) is 26.3 Å². The van der Waals surface area contributed by atoms with Gasteiger partial charge in [-0.15, -0.1) is 0 Å². The predicted octanol–water partition coefficient (Wildman–Crippen LogP) is 5.04. The fraction of sp³-hybridized carbons (Fsp3) is 0. The van der Waals surface area contributed by atoms with Crippen molar-refractivity contribution in [3.8, 4) is 5.75 Å². The molecule has 0 unspecified atom stereocenters. The van der Waals surface area contributed by atoms with Gasteiger partial charge in [-0.05, 0) is 78.4 Å². The molecule has 11 heteroatoms.